The molecule has 0 radical (unpaired) electrons. The summed E-state index contributed by atoms with van der Waals surface area (Å²) in [6.07, 6.45) is 1.88. The highest BCUT2D eigenvalue weighted by atomic mass is 32.2. The summed E-state index contributed by atoms with van der Waals surface area (Å²) in [4.78, 5) is 12.1. The van der Waals surface area contributed by atoms with Crippen molar-refractivity contribution in [3.63, 3.8) is 0 Å². The minimum atomic E-state index is -0.896. The number of nitrogens with one attached hydrogen (secondary N) is 1. The number of carbonyl (C=O) groups is 1. The number of carboxylic acids is 1. The van der Waals surface area contributed by atoms with Gasteiger partial charge in [0.05, 0.1) is 11.3 Å². The number of anilines is 1. The standard InChI is InChI=1S/C13H13NO2S2/c1-17-11-4-2-3-10(12(11)13(15)16)14-7-9-5-6-18-8-9/h2-6,8,14H,7H2,1H3,(H,15,16). The molecule has 0 fully saturated rings. The lowest BCUT2D eigenvalue weighted by Gasteiger charge is -2.11. The smallest absolute Gasteiger partial charge is 0.338 e. The van der Waals surface area contributed by atoms with Gasteiger partial charge in [0.1, 0.15) is 0 Å². The Balaban J connectivity index is 2.24. The lowest BCUT2D eigenvalue weighted by molar-refractivity contribution is 0.0694. The molecule has 0 saturated carbocycles. The second-order valence-corrected chi connectivity index (χ2v) is 5.30. The molecule has 5 heteroatoms. The van der Waals surface area contributed by atoms with Crippen LogP contribution in [-0.2, 0) is 6.54 Å². The van der Waals surface area contributed by atoms with Gasteiger partial charge in [0.15, 0.2) is 0 Å². The van der Waals surface area contributed by atoms with Crippen LogP contribution >= 0.6 is 23.1 Å². The number of hydrogen-bond donors (Lipinski definition) is 2. The molecule has 94 valence electrons. The molecule has 18 heavy (non-hydrogen) atoms. The molecule has 0 spiro atoms. The average molecular weight is 279 g/mol. The third kappa shape index (κ3) is 2.86. The van der Waals surface area contributed by atoms with E-state index in [1.54, 1.807) is 17.4 Å². The zero-order chi connectivity index (χ0) is 13.0. The van der Waals surface area contributed by atoms with Crippen LogP contribution in [0.3, 0.4) is 0 Å². The fraction of sp³-hybridized carbons (Fsp3) is 0.154. The van der Waals surface area contributed by atoms with E-state index in [0.717, 1.165) is 10.5 Å². The van der Waals surface area contributed by atoms with Gasteiger partial charge in [-0.25, -0.2) is 4.79 Å². The first kappa shape index (κ1) is 13.0. The monoisotopic (exact) mass is 279 g/mol. The Morgan fingerprint density at radius 2 is 2.28 bits per heavy atom. The van der Waals surface area contributed by atoms with Gasteiger partial charge in [0.25, 0.3) is 0 Å². The Bertz CT molecular complexity index is 538. The SMILES string of the molecule is CSc1cccc(NCc2ccsc2)c1C(=O)O. The van der Waals surface area contributed by atoms with Crippen LogP contribution < -0.4 is 5.32 Å². The fourth-order valence-electron chi connectivity index (χ4n) is 1.66. The van der Waals surface area contributed by atoms with E-state index >= 15 is 0 Å². The van der Waals surface area contributed by atoms with Crippen LogP contribution in [0, 0.1) is 0 Å². The summed E-state index contributed by atoms with van der Waals surface area (Å²) >= 11 is 3.07. The van der Waals surface area contributed by atoms with Crippen molar-refractivity contribution in [1.29, 1.82) is 0 Å². The first-order chi connectivity index (χ1) is 8.72. The molecular formula is C13H13NO2S2. The minimum Gasteiger partial charge on any atom is -0.478 e. The molecule has 2 rings (SSSR count). The van der Waals surface area contributed by atoms with Crippen molar-refractivity contribution in [2.75, 3.05) is 11.6 Å². The van der Waals surface area contributed by atoms with E-state index in [-0.39, 0.29) is 0 Å². The van der Waals surface area contributed by atoms with Gasteiger partial charge in [-0.1, -0.05) is 6.07 Å². The van der Waals surface area contributed by atoms with Crippen LogP contribution in [0.4, 0.5) is 5.69 Å². The molecule has 2 aromatic rings. The van der Waals surface area contributed by atoms with Crippen molar-refractivity contribution in [2.45, 2.75) is 11.4 Å². The number of aromatic carboxylic acids is 1. The van der Waals surface area contributed by atoms with Crippen LogP contribution in [0.15, 0.2) is 39.9 Å². The molecule has 0 atom stereocenters. The van der Waals surface area contributed by atoms with Crippen molar-refractivity contribution >= 4 is 34.8 Å². The maximum atomic E-state index is 11.3. The zero-order valence-electron chi connectivity index (χ0n) is 9.84. The zero-order valence-corrected chi connectivity index (χ0v) is 11.5. The van der Waals surface area contributed by atoms with E-state index in [1.165, 1.54) is 11.8 Å². The molecule has 2 N–H and O–H groups in total. The van der Waals surface area contributed by atoms with E-state index in [0.29, 0.717) is 17.8 Å². The normalized spacial score (nSPS) is 10.3. The fourth-order valence-corrected chi connectivity index (χ4v) is 2.94. The predicted octanol–water partition coefficient (Wildman–Crippen LogP) is 3.78. The number of thiophene rings is 1. The van der Waals surface area contributed by atoms with Crippen LogP contribution in [0.5, 0.6) is 0 Å². The molecule has 0 aliphatic carbocycles. The maximum absolute atomic E-state index is 11.3. The first-order valence-electron chi connectivity index (χ1n) is 5.37. The molecule has 0 amide bonds. The van der Waals surface area contributed by atoms with Crippen LogP contribution in [0.2, 0.25) is 0 Å². The number of benzene rings is 1. The van der Waals surface area contributed by atoms with E-state index in [4.69, 9.17) is 0 Å². The molecule has 1 heterocycles. The molecule has 0 bridgehead atoms. The summed E-state index contributed by atoms with van der Waals surface area (Å²) in [5, 5.41) is 16.5. The van der Waals surface area contributed by atoms with E-state index in [9.17, 15) is 9.90 Å². The Labute approximate surface area is 114 Å². The van der Waals surface area contributed by atoms with Gasteiger partial charge in [-0.2, -0.15) is 11.3 Å². The molecule has 0 aliphatic heterocycles. The molecule has 0 unspecified atom stereocenters. The summed E-state index contributed by atoms with van der Waals surface area (Å²) in [6, 6.07) is 7.52. The molecule has 1 aromatic carbocycles. The largest absolute Gasteiger partial charge is 0.478 e. The topological polar surface area (TPSA) is 49.3 Å². The van der Waals surface area contributed by atoms with Gasteiger partial charge >= 0.3 is 5.97 Å². The Hall–Kier alpha value is -1.46. The van der Waals surface area contributed by atoms with Crippen molar-refractivity contribution in [1.82, 2.24) is 0 Å². The maximum Gasteiger partial charge on any atom is 0.338 e. The number of thioether (sulfide) groups is 1. The van der Waals surface area contributed by atoms with Crippen molar-refractivity contribution in [3.05, 3.63) is 46.2 Å². The summed E-state index contributed by atoms with van der Waals surface area (Å²) in [5.74, 6) is -0.896. The van der Waals surface area contributed by atoms with Gasteiger partial charge in [-0.3, -0.25) is 0 Å². The van der Waals surface area contributed by atoms with Crippen molar-refractivity contribution in [2.24, 2.45) is 0 Å². The third-order valence-corrected chi connectivity index (χ3v) is 4.04. The molecular weight excluding hydrogens is 266 g/mol. The van der Waals surface area contributed by atoms with Crippen LogP contribution in [0.1, 0.15) is 15.9 Å². The summed E-state index contributed by atoms with van der Waals surface area (Å²) in [5.41, 5.74) is 2.17. The van der Waals surface area contributed by atoms with E-state index < -0.39 is 5.97 Å². The molecule has 0 saturated heterocycles. The summed E-state index contributed by atoms with van der Waals surface area (Å²) < 4.78 is 0. The second kappa shape index (κ2) is 5.93. The Morgan fingerprint density at radius 3 is 2.89 bits per heavy atom. The lowest BCUT2D eigenvalue weighted by Crippen LogP contribution is -2.07. The van der Waals surface area contributed by atoms with Crippen molar-refractivity contribution in [3.8, 4) is 0 Å². The van der Waals surface area contributed by atoms with Crippen LogP contribution in [0.25, 0.3) is 0 Å². The summed E-state index contributed by atoms with van der Waals surface area (Å²) in [6.45, 7) is 0.640. The average Bonchev–Trinajstić information content (AvgIpc) is 2.88. The van der Waals surface area contributed by atoms with E-state index in [1.807, 2.05) is 35.2 Å². The van der Waals surface area contributed by atoms with Crippen molar-refractivity contribution < 1.29 is 9.90 Å². The van der Waals surface area contributed by atoms with Gasteiger partial charge in [0.2, 0.25) is 0 Å². The third-order valence-electron chi connectivity index (χ3n) is 2.52. The molecule has 0 aliphatic rings. The van der Waals surface area contributed by atoms with Gasteiger partial charge < -0.3 is 10.4 Å². The van der Waals surface area contributed by atoms with Gasteiger partial charge in [-0.05, 0) is 40.8 Å². The highest BCUT2D eigenvalue weighted by molar-refractivity contribution is 7.98. The number of hydrogen-bond acceptors (Lipinski definition) is 4. The number of rotatable bonds is 5. The van der Waals surface area contributed by atoms with Gasteiger partial charge in [-0.15, -0.1) is 11.8 Å². The predicted molar refractivity (Wildman–Crippen MR) is 76.8 cm³/mol. The molecule has 1 aromatic heterocycles. The highest BCUT2D eigenvalue weighted by Crippen LogP contribution is 2.27. The Morgan fingerprint density at radius 1 is 1.44 bits per heavy atom. The van der Waals surface area contributed by atoms with Crippen LogP contribution in [-0.4, -0.2) is 17.3 Å². The van der Waals surface area contributed by atoms with Gasteiger partial charge in [0, 0.05) is 11.4 Å². The lowest BCUT2D eigenvalue weighted by atomic mass is 10.1. The van der Waals surface area contributed by atoms with E-state index in [2.05, 4.69) is 5.32 Å². The minimum absolute atomic E-state index is 0.347. The molecule has 3 nitrogen and oxygen atoms in total. The Kier molecular flexibility index (Phi) is 4.28. The quantitative estimate of drug-likeness (QED) is 0.818. The second-order valence-electron chi connectivity index (χ2n) is 3.67. The first-order valence-corrected chi connectivity index (χ1v) is 7.54. The highest BCUT2D eigenvalue weighted by Gasteiger charge is 2.14. The summed E-state index contributed by atoms with van der Waals surface area (Å²) in [7, 11) is 0. The number of carboxylic acid groups (broad SMARTS) is 1.